The zero-order chi connectivity index (χ0) is 10.2. The molecule has 1 aliphatic rings. The molecule has 76 valence electrons. The van der Waals surface area contributed by atoms with Crippen molar-refractivity contribution in [2.75, 3.05) is 0 Å². The highest BCUT2D eigenvalue weighted by Gasteiger charge is 2.43. The van der Waals surface area contributed by atoms with Crippen molar-refractivity contribution < 1.29 is 9.90 Å². The van der Waals surface area contributed by atoms with Gasteiger partial charge in [-0.3, -0.25) is 4.79 Å². The van der Waals surface area contributed by atoms with E-state index in [0.29, 0.717) is 0 Å². The van der Waals surface area contributed by atoms with Crippen LogP contribution in [0.3, 0.4) is 0 Å². The van der Waals surface area contributed by atoms with Gasteiger partial charge >= 0.3 is 5.97 Å². The molecule has 1 fully saturated rings. The van der Waals surface area contributed by atoms with Crippen molar-refractivity contribution in [2.45, 2.75) is 31.1 Å². The van der Waals surface area contributed by atoms with Gasteiger partial charge in [-0.05, 0) is 45.8 Å². The maximum absolute atomic E-state index is 11.3. The van der Waals surface area contributed by atoms with Gasteiger partial charge in [0, 0.05) is 0 Å². The van der Waals surface area contributed by atoms with E-state index in [9.17, 15) is 9.90 Å². The van der Waals surface area contributed by atoms with Gasteiger partial charge in [-0.1, -0.05) is 12.8 Å². The molecule has 0 unspecified atom stereocenters. The summed E-state index contributed by atoms with van der Waals surface area (Å²) in [6.07, 6.45) is 3.62. The Balaban J connectivity index is 2.41. The molecule has 4 heteroatoms. The largest absolute Gasteiger partial charge is 0.481 e. The first-order chi connectivity index (χ1) is 6.65. The van der Waals surface area contributed by atoms with Crippen molar-refractivity contribution in [3.05, 3.63) is 20.8 Å². The lowest BCUT2D eigenvalue weighted by atomic mass is 9.80. The van der Waals surface area contributed by atoms with Crippen LogP contribution in [-0.4, -0.2) is 11.1 Å². The van der Waals surface area contributed by atoms with Crippen LogP contribution >= 0.6 is 27.3 Å². The molecule has 0 aliphatic heterocycles. The number of carboxylic acid groups (broad SMARTS) is 1. The van der Waals surface area contributed by atoms with Gasteiger partial charge in [-0.25, -0.2) is 0 Å². The lowest BCUT2D eigenvalue weighted by molar-refractivity contribution is -0.143. The fourth-order valence-electron chi connectivity index (χ4n) is 2.17. The van der Waals surface area contributed by atoms with E-state index < -0.39 is 11.4 Å². The molecule has 1 aromatic heterocycles. The van der Waals surface area contributed by atoms with Crippen LogP contribution in [-0.2, 0) is 10.2 Å². The van der Waals surface area contributed by atoms with E-state index in [-0.39, 0.29) is 0 Å². The summed E-state index contributed by atoms with van der Waals surface area (Å²) in [4.78, 5) is 11.3. The molecular formula is C10H11BrO2S. The predicted molar refractivity (Wildman–Crippen MR) is 59.8 cm³/mol. The van der Waals surface area contributed by atoms with Crippen LogP contribution in [0.1, 0.15) is 31.2 Å². The fourth-order valence-corrected chi connectivity index (χ4v) is 3.42. The average Bonchev–Trinajstić information content (AvgIpc) is 2.71. The minimum Gasteiger partial charge on any atom is -0.481 e. The van der Waals surface area contributed by atoms with Gasteiger partial charge in [0.05, 0.1) is 9.20 Å². The summed E-state index contributed by atoms with van der Waals surface area (Å²) in [6.45, 7) is 0. The Morgan fingerprint density at radius 3 is 2.57 bits per heavy atom. The molecule has 0 radical (unpaired) electrons. The summed E-state index contributed by atoms with van der Waals surface area (Å²) >= 11 is 4.94. The molecule has 0 bridgehead atoms. The second-order valence-corrected chi connectivity index (χ2v) is 6.02. The first-order valence-corrected chi connectivity index (χ1v) is 6.30. The maximum Gasteiger partial charge on any atom is 0.314 e. The molecular weight excluding hydrogens is 264 g/mol. The summed E-state index contributed by atoms with van der Waals surface area (Å²) in [5, 5.41) is 11.3. The van der Waals surface area contributed by atoms with Gasteiger partial charge in [0.2, 0.25) is 0 Å². The summed E-state index contributed by atoms with van der Waals surface area (Å²) in [5.41, 5.74) is 0.377. The van der Waals surface area contributed by atoms with E-state index in [1.165, 1.54) is 0 Å². The number of hydrogen-bond donors (Lipinski definition) is 1. The Hall–Kier alpha value is -0.350. The third-order valence-corrected chi connectivity index (χ3v) is 4.49. The topological polar surface area (TPSA) is 37.3 Å². The summed E-state index contributed by atoms with van der Waals surface area (Å²) in [5.74, 6) is -0.666. The molecule has 1 heterocycles. The normalized spacial score (nSPS) is 19.8. The molecule has 2 nitrogen and oxygen atoms in total. The van der Waals surface area contributed by atoms with Crippen molar-refractivity contribution in [2.24, 2.45) is 0 Å². The third-order valence-electron chi connectivity index (χ3n) is 2.99. The molecule has 0 spiro atoms. The quantitative estimate of drug-likeness (QED) is 0.898. The fraction of sp³-hybridized carbons (Fsp3) is 0.500. The monoisotopic (exact) mass is 274 g/mol. The Morgan fingerprint density at radius 2 is 2.14 bits per heavy atom. The molecule has 2 rings (SSSR count). The molecule has 0 amide bonds. The molecule has 14 heavy (non-hydrogen) atoms. The van der Waals surface area contributed by atoms with E-state index in [2.05, 4.69) is 15.9 Å². The Morgan fingerprint density at radius 1 is 1.50 bits per heavy atom. The SMILES string of the molecule is O=C(O)C1(c2csc(Br)c2)CCCC1. The smallest absolute Gasteiger partial charge is 0.314 e. The van der Waals surface area contributed by atoms with Gasteiger partial charge < -0.3 is 5.11 Å². The maximum atomic E-state index is 11.3. The zero-order valence-electron chi connectivity index (χ0n) is 7.62. The van der Waals surface area contributed by atoms with Gasteiger partial charge in [-0.15, -0.1) is 11.3 Å². The first-order valence-electron chi connectivity index (χ1n) is 4.63. The van der Waals surface area contributed by atoms with Crippen molar-refractivity contribution in [1.29, 1.82) is 0 Å². The number of thiophene rings is 1. The minimum atomic E-state index is -0.666. The highest BCUT2D eigenvalue weighted by molar-refractivity contribution is 9.11. The second-order valence-electron chi connectivity index (χ2n) is 3.73. The highest BCUT2D eigenvalue weighted by Crippen LogP contribution is 2.43. The van der Waals surface area contributed by atoms with Crippen molar-refractivity contribution in [3.8, 4) is 0 Å². The van der Waals surface area contributed by atoms with Crippen LogP contribution in [0.5, 0.6) is 0 Å². The standard InChI is InChI=1S/C10H11BrO2S/c11-8-5-7(6-14-8)10(9(12)13)3-1-2-4-10/h5-6H,1-4H2,(H,12,13). The number of carboxylic acids is 1. The van der Waals surface area contributed by atoms with Crippen molar-refractivity contribution >= 4 is 33.2 Å². The van der Waals surface area contributed by atoms with Crippen LogP contribution in [0.2, 0.25) is 0 Å². The van der Waals surface area contributed by atoms with Crippen molar-refractivity contribution in [1.82, 2.24) is 0 Å². The minimum absolute atomic E-state index is 0.595. The Labute approximate surface area is 95.1 Å². The number of rotatable bonds is 2. The van der Waals surface area contributed by atoms with Crippen LogP contribution in [0.15, 0.2) is 15.2 Å². The van der Waals surface area contributed by atoms with E-state index >= 15 is 0 Å². The number of aliphatic carboxylic acids is 1. The molecule has 1 aliphatic carbocycles. The molecule has 1 saturated carbocycles. The van der Waals surface area contributed by atoms with Gasteiger partial charge in [0.15, 0.2) is 0 Å². The van der Waals surface area contributed by atoms with Gasteiger partial charge in [0.25, 0.3) is 0 Å². The predicted octanol–water partition coefficient (Wildman–Crippen LogP) is 3.41. The van der Waals surface area contributed by atoms with Gasteiger partial charge in [-0.2, -0.15) is 0 Å². The van der Waals surface area contributed by atoms with Crippen molar-refractivity contribution in [3.63, 3.8) is 0 Å². The molecule has 1 aromatic rings. The number of carbonyl (C=O) groups is 1. The van der Waals surface area contributed by atoms with E-state index in [1.807, 2.05) is 11.4 Å². The second kappa shape index (κ2) is 3.66. The summed E-state index contributed by atoms with van der Waals surface area (Å²) < 4.78 is 1.01. The molecule has 0 aromatic carbocycles. The number of halogens is 1. The van der Waals surface area contributed by atoms with Crippen LogP contribution in [0.4, 0.5) is 0 Å². The Bertz CT molecular complexity index is 353. The number of hydrogen-bond acceptors (Lipinski definition) is 2. The first kappa shape index (κ1) is 10.2. The van der Waals surface area contributed by atoms with E-state index in [0.717, 1.165) is 35.0 Å². The Kier molecular flexibility index (Phi) is 2.66. The lowest BCUT2D eigenvalue weighted by Crippen LogP contribution is -2.31. The molecule has 1 N–H and O–H groups in total. The van der Waals surface area contributed by atoms with Crippen LogP contribution in [0, 0.1) is 0 Å². The zero-order valence-corrected chi connectivity index (χ0v) is 10.0. The van der Waals surface area contributed by atoms with Gasteiger partial charge in [0.1, 0.15) is 0 Å². The lowest BCUT2D eigenvalue weighted by Gasteiger charge is -2.22. The van der Waals surface area contributed by atoms with Crippen LogP contribution in [0.25, 0.3) is 0 Å². The van der Waals surface area contributed by atoms with E-state index in [1.54, 1.807) is 11.3 Å². The average molecular weight is 275 g/mol. The van der Waals surface area contributed by atoms with E-state index in [4.69, 9.17) is 0 Å². The van der Waals surface area contributed by atoms with Crippen LogP contribution < -0.4 is 0 Å². The summed E-state index contributed by atoms with van der Waals surface area (Å²) in [7, 11) is 0. The highest BCUT2D eigenvalue weighted by atomic mass is 79.9. The molecule has 0 saturated heterocycles. The third kappa shape index (κ3) is 1.50. The summed E-state index contributed by atoms with van der Waals surface area (Å²) in [6, 6.07) is 1.95. The molecule has 0 atom stereocenters.